The Kier molecular flexibility index (Phi) is 5.91. The van der Waals surface area contributed by atoms with E-state index in [1.807, 2.05) is 18.2 Å². The Labute approximate surface area is 123 Å². The normalized spacial score (nSPS) is 12.3. The highest BCUT2D eigenvalue weighted by atomic mass is 32.1. The Hall–Kier alpha value is -1.50. The summed E-state index contributed by atoms with van der Waals surface area (Å²) in [6.07, 6.45) is 1.80. The van der Waals surface area contributed by atoms with Gasteiger partial charge < -0.3 is 14.8 Å². The predicted molar refractivity (Wildman–Crippen MR) is 79.2 cm³/mol. The van der Waals surface area contributed by atoms with Gasteiger partial charge in [-0.25, -0.2) is 0 Å². The molecule has 5 nitrogen and oxygen atoms in total. The molecule has 0 aliphatic heterocycles. The van der Waals surface area contributed by atoms with Crippen LogP contribution in [0.15, 0.2) is 30.5 Å². The molecule has 1 atom stereocenters. The summed E-state index contributed by atoms with van der Waals surface area (Å²) in [6.45, 7) is 4.04. The Balaban J connectivity index is 2.23. The predicted octanol–water partition coefficient (Wildman–Crippen LogP) is 2.26. The molecule has 1 aromatic carbocycles. The van der Waals surface area contributed by atoms with Crippen molar-refractivity contribution >= 4 is 11.5 Å². The van der Waals surface area contributed by atoms with Crippen LogP contribution in [0.1, 0.15) is 23.4 Å². The lowest BCUT2D eigenvalue weighted by atomic mass is 10.0. The maximum absolute atomic E-state index is 5.80. The number of aromatic nitrogens is 2. The fraction of sp³-hybridized carbons (Fsp3) is 0.429. The zero-order valence-corrected chi connectivity index (χ0v) is 12.5. The molecule has 108 valence electrons. The van der Waals surface area contributed by atoms with Crippen LogP contribution in [0.4, 0.5) is 0 Å². The first kappa shape index (κ1) is 14.9. The van der Waals surface area contributed by atoms with Crippen LogP contribution in [0.5, 0.6) is 5.75 Å². The molecule has 0 radical (unpaired) electrons. The van der Waals surface area contributed by atoms with Crippen LogP contribution in [0.3, 0.4) is 0 Å². The van der Waals surface area contributed by atoms with Gasteiger partial charge in [0.2, 0.25) is 0 Å². The quantitative estimate of drug-likeness (QED) is 0.757. The van der Waals surface area contributed by atoms with E-state index in [4.69, 9.17) is 9.47 Å². The van der Waals surface area contributed by atoms with Crippen molar-refractivity contribution < 1.29 is 9.47 Å². The van der Waals surface area contributed by atoms with E-state index in [2.05, 4.69) is 27.9 Å². The van der Waals surface area contributed by atoms with Crippen LogP contribution in [-0.4, -0.2) is 36.5 Å². The molecule has 1 heterocycles. The molecule has 1 unspecified atom stereocenters. The number of rotatable bonds is 8. The highest BCUT2D eigenvalue weighted by Gasteiger charge is 2.19. The minimum absolute atomic E-state index is 0.0544. The smallest absolute Gasteiger partial charge is 0.124 e. The Morgan fingerprint density at radius 1 is 1.30 bits per heavy atom. The van der Waals surface area contributed by atoms with E-state index < -0.39 is 0 Å². The van der Waals surface area contributed by atoms with Crippen LogP contribution in [0, 0.1) is 0 Å². The third-order valence-electron chi connectivity index (χ3n) is 2.85. The zero-order valence-electron chi connectivity index (χ0n) is 11.7. The summed E-state index contributed by atoms with van der Waals surface area (Å²) >= 11 is 1.40. The van der Waals surface area contributed by atoms with Crippen molar-refractivity contribution in [2.24, 2.45) is 0 Å². The number of ether oxygens (including phenoxy) is 2. The van der Waals surface area contributed by atoms with E-state index in [1.165, 1.54) is 11.5 Å². The number of nitrogens with one attached hydrogen (secondary N) is 1. The molecule has 2 aromatic rings. The third-order valence-corrected chi connectivity index (χ3v) is 3.57. The minimum atomic E-state index is 0.0544. The first-order valence-electron chi connectivity index (χ1n) is 6.58. The molecule has 1 aromatic heterocycles. The van der Waals surface area contributed by atoms with Crippen molar-refractivity contribution in [2.45, 2.75) is 13.0 Å². The van der Waals surface area contributed by atoms with Crippen LogP contribution >= 0.6 is 11.5 Å². The van der Waals surface area contributed by atoms with E-state index in [1.54, 1.807) is 13.3 Å². The zero-order chi connectivity index (χ0) is 14.2. The number of hydrogen-bond donors (Lipinski definition) is 1. The van der Waals surface area contributed by atoms with Crippen LogP contribution in [0.2, 0.25) is 0 Å². The highest BCUT2D eigenvalue weighted by Crippen LogP contribution is 2.31. The minimum Gasteiger partial charge on any atom is -0.491 e. The molecular formula is C14H19N3O2S. The Morgan fingerprint density at radius 2 is 2.15 bits per heavy atom. The van der Waals surface area contributed by atoms with E-state index in [0.717, 1.165) is 22.7 Å². The molecule has 0 aliphatic rings. The first-order valence-corrected chi connectivity index (χ1v) is 7.35. The second-order valence-corrected chi connectivity index (χ2v) is 5.01. The van der Waals surface area contributed by atoms with E-state index in [-0.39, 0.29) is 6.04 Å². The number of nitrogens with zero attached hydrogens (tertiary/aromatic N) is 2. The summed E-state index contributed by atoms with van der Waals surface area (Å²) in [5, 5.41) is 7.37. The molecule has 0 aliphatic carbocycles. The van der Waals surface area contributed by atoms with Gasteiger partial charge in [0.25, 0.3) is 0 Å². The van der Waals surface area contributed by atoms with Gasteiger partial charge in [0, 0.05) is 12.7 Å². The first-order chi connectivity index (χ1) is 9.86. The molecular weight excluding hydrogens is 274 g/mol. The molecule has 2 rings (SSSR count). The van der Waals surface area contributed by atoms with Crippen LogP contribution in [-0.2, 0) is 4.74 Å². The van der Waals surface area contributed by atoms with Crippen molar-refractivity contribution in [1.29, 1.82) is 0 Å². The molecule has 6 heteroatoms. The van der Waals surface area contributed by atoms with Gasteiger partial charge >= 0.3 is 0 Å². The fourth-order valence-corrected chi connectivity index (χ4v) is 2.55. The lowest BCUT2D eigenvalue weighted by Gasteiger charge is -2.19. The third kappa shape index (κ3) is 3.75. The molecule has 20 heavy (non-hydrogen) atoms. The van der Waals surface area contributed by atoms with Gasteiger partial charge in [0.1, 0.15) is 12.4 Å². The van der Waals surface area contributed by atoms with Gasteiger partial charge in [-0.1, -0.05) is 29.6 Å². The number of benzene rings is 1. The van der Waals surface area contributed by atoms with Crippen LogP contribution < -0.4 is 10.1 Å². The summed E-state index contributed by atoms with van der Waals surface area (Å²) in [5.41, 5.74) is 1.09. The van der Waals surface area contributed by atoms with Crippen molar-refractivity contribution in [3.63, 3.8) is 0 Å². The van der Waals surface area contributed by atoms with Gasteiger partial charge in [0.05, 0.1) is 23.7 Å². The molecule has 0 amide bonds. The lowest BCUT2D eigenvalue weighted by molar-refractivity contribution is 0.145. The molecule has 1 N–H and O–H groups in total. The summed E-state index contributed by atoms with van der Waals surface area (Å²) < 4.78 is 14.8. The number of hydrogen-bond acceptors (Lipinski definition) is 6. The second-order valence-electron chi connectivity index (χ2n) is 4.19. The topological polar surface area (TPSA) is 56.3 Å². The lowest BCUT2D eigenvalue weighted by Crippen LogP contribution is -2.22. The summed E-state index contributed by atoms with van der Waals surface area (Å²) in [5.74, 6) is 0.865. The van der Waals surface area contributed by atoms with Crippen molar-refractivity contribution in [3.8, 4) is 5.75 Å². The van der Waals surface area contributed by atoms with Gasteiger partial charge in [-0.05, 0) is 24.1 Å². The van der Waals surface area contributed by atoms with E-state index in [9.17, 15) is 0 Å². The molecule has 0 saturated carbocycles. The maximum Gasteiger partial charge on any atom is 0.124 e. The largest absolute Gasteiger partial charge is 0.491 e. The SMILES string of the molecule is CCNC(c1cnns1)c1ccccc1OCCOC. The molecule has 0 saturated heterocycles. The monoisotopic (exact) mass is 293 g/mol. The average Bonchev–Trinajstić information content (AvgIpc) is 3.00. The van der Waals surface area contributed by atoms with Gasteiger partial charge in [-0.15, -0.1) is 5.10 Å². The van der Waals surface area contributed by atoms with Gasteiger partial charge in [0.15, 0.2) is 0 Å². The molecule has 0 fully saturated rings. The number of para-hydroxylation sites is 1. The molecule has 0 bridgehead atoms. The van der Waals surface area contributed by atoms with Crippen molar-refractivity contribution in [3.05, 3.63) is 40.9 Å². The standard InChI is InChI=1S/C14H19N3O2S/c1-3-15-14(13-10-16-17-20-13)11-6-4-5-7-12(11)19-9-8-18-2/h4-7,10,14-15H,3,8-9H2,1-2H3. The van der Waals surface area contributed by atoms with E-state index >= 15 is 0 Å². The van der Waals surface area contributed by atoms with Gasteiger partial charge in [-0.3, -0.25) is 0 Å². The fourth-order valence-electron chi connectivity index (χ4n) is 1.96. The Morgan fingerprint density at radius 3 is 2.85 bits per heavy atom. The Bertz CT molecular complexity index is 505. The van der Waals surface area contributed by atoms with Crippen molar-refractivity contribution in [1.82, 2.24) is 14.9 Å². The van der Waals surface area contributed by atoms with Gasteiger partial charge in [-0.2, -0.15) is 0 Å². The summed E-state index contributed by atoms with van der Waals surface area (Å²) in [6, 6.07) is 8.08. The highest BCUT2D eigenvalue weighted by molar-refractivity contribution is 7.05. The maximum atomic E-state index is 5.80. The summed E-state index contributed by atoms with van der Waals surface area (Å²) in [4.78, 5) is 1.08. The molecule has 0 spiro atoms. The van der Waals surface area contributed by atoms with Crippen LogP contribution in [0.25, 0.3) is 0 Å². The van der Waals surface area contributed by atoms with Crippen molar-refractivity contribution in [2.75, 3.05) is 26.9 Å². The second kappa shape index (κ2) is 7.94. The number of methoxy groups -OCH3 is 1. The summed E-state index contributed by atoms with van der Waals surface area (Å²) in [7, 11) is 1.67. The average molecular weight is 293 g/mol. The van der Waals surface area contributed by atoms with E-state index in [0.29, 0.717) is 13.2 Å².